The first-order valence-electron chi connectivity index (χ1n) is 10.5. The molecule has 1 fully saturated rings. The van der Waals surface area contributed by atoms with Gasteiger partial charge in [0.2, 0.25) is 0 Å². The summed E-state index contributed by atoms with van der Waals surface area (Å²) in [6, 6.07) is 6.41. The van der Waals surface area contributed by atoms with E-state index in [0.717, 1.165) is 72.9 Å². The second-order valence-electron chi connectivity index (χ2n) is 8.23. The number of anilines is 1. The van der Waals surface area contributed by atoms with Crippen LogP contribution in [0.4, 0.5) is 5.82 Å². The van der Waals surface area contributed by atoms with Crippen LogP contribution in [0.3, 0.4) is 0 Å². The van der Waals surface area contributed by atoms with E-state index >= 15 is 0 Å². The van der Waals surface area contributed by atoms with E-state index in [0.29, 0.717) is 13.2 Å². The number of carbonyl (C=O) groups is 1. The minimum absolute atomic E-state index is 0.00204. The van der Waals surface area contributed by atoms with Gasteiger partial charge in [-0.15, -0.1) is 0 Å². The van der Waals surface area contributed by atoms with Crippen molar-refractivity contribution in [2.24, 2.45) is 0 Å². The van der Waals surface area contributed by atoms with E-state index in [1.54, 1.807) is 0 Å². The molecule has 0 saturated carbocycles. The van der Waals surface area contributed by atoms with Crippen LogP contribution in [0, 0.1) is 13.8 Å². The SMILES string of the molecule is Cc1c(N2CCC(Oc3ccc4c(c3)COCC4)CC2)nc2c(c1C)C(=O)NC2. The first kappa shape index (κ1) is 18.4. The molecule has 4 heterocycles. The smallest absolute Gasteiger partial charge is 0.253 e. The number of hydrogen-bond donors (Lipinski definition) is 1. The molecule has 152 valence electrons. The maximum atomic E-state index is 12.0. The Kier molecular flexibility index (Phi) is 4.66. The van der Waals surface area contributed by atoms with Gasteiger partial charge in [0.05, 0.1) is 31.0 Å². The van der Waals surface area contributed by atoms with Gasteiger partial charge in [-0.25, -0.2) is 4.98 Å². The molecule has 5 rings (SSSR count). The zero-order valence-corrected chi connectivity index (χ0v) is 17.1. The quantitative estimate of drug-likeness (QED) is 0.868. The standard InChI is InChI=1S/C23H27N3O3/c1-14-15(2)22(25-20-12-24-23(27)21(14)20)26-8-5-18(6-9-26)29-19-4-3-16-7-10-28-13-17(16)11-19/h3-4,11,18H,5-10,12-13H2,1-2H3,(H,24,27). The Bertz CT molecular complexity index is 964. The maximum Gasteiger partial charge on any atom is 0.253 e. The fourth-order valence-electron chi connectivity index (χ4n) is 4.62. The summed E-state index contributed by atoms with van der Waals surface area (Å²) in [5.41, 5.74) is 6.43. The van der Waals surface area contributed by atoms with Gasteiger partial charge in [-0.1, -0.05) is 6.07 Å². The van der Waals surface area contributed by atoms with Gasteiger partial charge in [-0.2, -0.15) is 0 Å². The average molecular weight is 393 g/mol. The fourth-order valence-corrected chi connectivity index (χ4v) is 4.62. The van der Waals surface area contributed by atoms with Crippen LogP contribution in [-0.4, -0.2) is 36.7 Å². The first-order chi connectivity index (χ1) is 14.1. The number of carbonyl (C=O) groups excluding carboxylic acids is 1. The third kappa shape index (κ3) is 3.35. The lowest BCUT2D eigenvalue weighted by Crippen LogP contribution is -2.39. The second-order valence-corrected chi connectivity index (χ2v) is 8.23. The van der Waals surface area contributed by atoms with Crippen LogP contribution in [0.2, 0.25) is 0 Å². The van der Waals surface area contributed by atoms with Crippen molar-refractivity contribution < 1.29 is 14.3 Å². The predicted octanol–water partition coefficient (Wildman–Crippen LogP) is 3.06. The summed E-state index contributed by atoms with van der Waals surface area (Å²) in [6.45, 7) is 7.94. The summed E-state index contributed by atoms with van der Waals surface area (Å²) in [7, 11) is 0. The Labute approximate surface area is 171 Å². The molecule has 0 radical (unpaired) electrons. The van der Waals surface area contributed by atoms with Crippen LogP contribution in [0.5, 0.6) is 5.75 Å². The lowest BCUT2D eigenvalue weighted by atomic mass is 10.0. The molecule has 1 amide bonds. The van der Waals surface area contributed by atoms with E-state index in [-0.39, 0.29) is 12.0 Å². The first-order valence-corrected chi connectivity index (χ1v) is 10.5. The molecular formula is C23H27N3O3. The Morgan fingerprint density at radius 2 is 2.00 bits per heavy atom. The number of hydrogen-bond acceptors (Lipinski definition) is 5. The normalized spacial score (nSPS) is 19.0. The zero-order valence-electron chi connectivity index (χ0n) is 17.1. The molecular weight excluding hydrogens is 366 g/mol. The molecule has 6 heteroatoms. The molecule has 0 bridgehead atoms. The van der Waals surface area contributed by atoms with Gasteiger partial charge >= 0.3 is 0 Å². The lowest BCUT2D eigenvalue weighted by Gasteiger charge is -2.34. The Balaban J connectivity index is 1.27. The molecule has 1 saturated heterocycles. The minimum Gasteiger partial charge on any atom is -0.490 e. The van der Waals surface area contributed by atoms with E-state index in [4.69, 9.17) is 14.5 Å². The highest BCUT2D eigenvalue weighted by Crippen LogP contribution is 2.31. The number of nitrogens with zero attached hydrogens (tertiary/aromatic N) is 2. The largest absolute Gasteiger partial charge is 0.490 e. The summed E-state index contributed by atoms with van der Waals surface area (Å²) >= 11 is 0. The highest BCUT2D eigenvalue weighted by molar-refractivity contribution is 5.99. The number of fused-ring (bicyclic) bond motifs is 2. The Morgan fingerprint density at radius 3 is 2.83 bits per heavy atom. The zero-order chi connectivity index (χ0) is 20.0. The van der Waals surface area contributed by atoms with Crippen LogP contribution in [0.25, 0.3) is 0 Å². The van der Waals surface area contributed by atoms with Gasteiger partial charge in [0, 0.05) is 25.9 Å². The van der Waals surface area contributed by atoms with Gasteiger partial charge in [-0.05, 0) is 54.7 Å². The van der Waals surface area contributed by atoms with E-state index in [9.17, 15) is 4.79 Å². The van der Waals surface area contributed by atoms with Gasteiger partial charge in [0.15, 0.2) is 0 Å². The maximum absolute atomic E-state index is 12.0. The molecule has 0 aliphatic carbocycles. The van der Waals surface area contributed by atoms with Crippen molar-refractivity contribution in [3.63, 3.8) is 0 Å². The summed E-state index contributed by atoms with van der Waals surface area (Å²) in [5, 5.41) is 2.89. The number of nitrogens with one attached hydrogen (secondary N) is 1. The highest BCUT2D eigenvalue weighted by atomic mass is 16.5. The van der Waals surface area contributed by atoms with Gasteiger partial charge < -0.3 is 19.7 Å². The highest BCUT2D eigenvalue weighted by Gasteiger charge is 2.29. The summed E-state index contributed by atoms with van der Waals surface area (Å²) in [4.78, 5) is 19.2. The van der Waals surface area contributed by atoms with Crippen LogP contribution >= 0.6 is 0 Å². The summed E-state index contributed by atoms with van der Waals surface area (Å²) < 4.78 is 11.9. The van der Waals surface area contributed by atoms with Crippen molar-refractivity contribution in [3.8, 4) is 5.75 Å². The molecule has 1 aromatic carbocycles. The minimum atomic E-state index is 0.00204. The van der Waals surface area contributed by atoms with Gasteiger partial charge in [0.1, 0.15) is 17.7 Å². The number of piperidine rings is 1. The van der Waals surface area contributed by atoms with E-state index < -0.39 is 0 Å². The Morgan fingerprint density at radius 1 is 1.17 bits per heavy atom. The monoisotopic (exact) mass is 393 g/mol. The van der Waals surface area contributed by atoms with Crippen molar-refractivity contribution in [1.82, 2.24) is 10.3 Å². The van der Waals surface area contributed by atoms with Crippen LogP contribution in [-0.2, 0) is 24.3 Å². The number of pyridine rings is 1. The third-order valence-corrected chi connectivity index (χ3v) is 6.44. The van der Waals surface area contributed by atoms with Crippen LogP contribution in [0.1, 0.15) is 51.1 Å². The average Bonchev–Trinajstić information content (AvgIpc) is 3.12. The molecule has 3 aliphatic heterocycles. The van der Waals surface area contributed by atoms with Gasteiger partial charge in [0.25, 0.3) is 5.91 Å². The molecule has 1 N–H and O–H groups in total. The second kappa shape index (κ2) is 7.34. The third-order valence-electron chi connectivity index (χ3n) is 6.44. The van der Waals surface area contributed by atoms with Crippen molar-refractivity contribution in [2.75, 3.05) is 24.6 Å². The predicted molar refractivity (Wildman–Crippen MR) is 111 cm³/mol. The van der Waals surface area contributed by atoms with Crippen LogP contribution in [0.15, 0.2) is 18.2 Å². The summed E-state index contributed by atoms with van der Waals surface area (Å²) in [5.74, 6) is 1.96. The van der Waals surface area contributed by atoms with E-state index in [1.807, 2.05) is 6.92 Å². The molecule has 2 aromatic rings. The van der Waals surface area contributed by atoms with Gasteiger partial charge in [-0.3, -0.25) is 4.79 Å². The number of rotatable bonds is 3. The molecule has 0 spiro atoms. The number of aromatic nitrogens is 1. The number of amides is 1. The van der Waals surface area contributed by atoms with Crippen molar-refractivity contribution in [3.05, 3.63) is 51.7 Å². The van der Waals surface area contributed by atoms with Crippen molar-refractivity contribution >= 4 is 11.7 Å². The lowest BCUT2D eigenvalue weighted by molar-refractivity contribution is 0.0965. The summed E-state index contributed by atoms with van der Waals surface area (Å²) in [6.07, 6.45) is 3.12. The molecule has 3 aliphatic rings. The number of benzene rings is 1. The molecule has 0 unspecified atom stereocenters. The van der Waals surface area contributed by atoms with Crippen molar-refractivity contribution in [2.45, 2.75) is 52.4 Å². The number of ether oxygens (including phenoxy) is 2. The molecule has 6 nitrogen and oxygen atoms in total. The molecule has 0 atom stereocenters. The molecule has 1 aromatic heterocycles. The topological polar surface area (TPSA) is 63.7 Å². The van der Waals surface area contributed by atoms with Crippen LogP contribution < -0.4 is 15.0 Å². The fraction of sp³-hybridized carbons (Fsp3) is 0.478. The van der Waals surface area contributed by atoms with Crippen molar-refractivity contribution in [1.29, 1.82) is 0 Å². The molecule has 29 heavy (non-hydrogen) atoms. The van der Waals surface area contributed by atoms with E-state index in [2.05, 4.69) is 35.3 Å². The Hall–Kier alpha value is -2.60. The van der Waals surface area contributed by atoms with E-state index in [1.165, 1.54) is 11.1 Å².